The lowest BCUT2D eigenvalue weighted by Crippen LogP contribution is -2.46. The van der Waals surface area contributed by atoms with Crippen molar-refractivity contribution in [3.63, 3.8) is 0 Å². The third kappa shape index (κ3) is 6.03. The van der Waals surface area contributed by atoms with Gasteiger partial charge in [-0.15, -0.1) is 0 Å². The van der Waals surface area contributed by atoms with Crippen molar-refractivity contribution in [2.24, 2.45) is 5.92 Å². The Kier molecular flexibility index (Phi) is 8.08. The molecule has 35 heavy (non-hydrogen) atoms. The summed E-state index contributed by atoms with van der Waals surface area (Å²) in [5.74, 6) is -0.433. The SMILES string of the molecule is CCC1=C(C(=O)OCC2CCCCC2)[C@H](c2ccc(OC(=O)c3ccccc3)c(Cl)c2)NC(=O)N1. The molecular formula is C27H29ClN2O5. The summed E-state index contributed by atoms with van der Waals surface area (Å²) in [6, 6.07) is 12.3. The highest BCUT2D eigenvalue weighted by atomic mass is 35.5. The number of ether oxygens (including phenoxy) is 2. The summed E-state index contributed by atoms with van der Waals surface area (Å²) in [6.07, 6.45) is 6.12. The van der Waals surface area contributed by atoms with Crippen molar-refractivity contribution in [1.29, 1.82) is 0 Å². The van der Waals surface area contributed by atoms with E-state index in [9.17, 15) is 14.4 Å². The number of amides is 2. The number of hydrogen-bond donors (Lipinski definition) is 2. The van der Waals surface area contributed by atoms with Crippen LogP contribution in [0.1, 0.15) is 67.4 Å². The highest BCUT2D eigenvalue weighted by Crippen LogP contribution is 2.34. The number of rotatable bonds is 7. The monoisotopic (exact) mass is 496 g/mol. The molecule has 2 aliphatic rings. The minimum absolute atomic E-state index is 0.186. The molecule has 0 aromatic heterocycles. The largest absolute Gasteiger partial charge is 0.462 e. The van der Waals surface area contributed by atoms with Gasteiger partial charge >= 0.3 is 18.0 Å². The summed E-state index contributed by atoms with van der Waals surface area (Å²) < 4.78 is 11.1. The fourth-order valence-electron chi connectivity index (χ4n) is 4.53. The van der Waals surface area contributed by atoms with E-state index < -0.39 is 24.0 Å². The predicted molar refractivity (Wildman–Crippen MR) is 132 cm³/mol. The number of carbonyl (C=O) groups excluding carboxylic acids is 3. The molecule has 2 aromatic rings. The molecule has 1 aliphatic carbocycles. The Morgan fingerprint density at radius 2 is 1.77 bits per heavy atom. The van der Waals surface area contributed by atoms with Gasteiger partial charge in [-0.05, 0) is 55.0 Å². The van der Waals surface area contributed by atoms with E-state index in [1.165, 1.54) is 6.42 Å². The Morgan fingerprint density at radius 3 is 2.46 bits per heavy atom. The Bertz CT molecular complexity index is 1130. The molecule has 1 aliphatic heterocycles. The van der Waals surface area contributed by atoms with E-state index in [0.717, 1.165) is 25.7 Å². The molecule has 1 heterocycles. The lowest BCUT2D eigenvalue weighted by molar-refractivity contribution is -0.141. The molecule has 0 radical (unpaired) electrons. The molecule has 2 amide bonds. The highest BCUT2D eigenvalue weighted by molar-refractivity contribution is 6.32. The maximum absolute atomic E-state index is 13.2. The van der Waals surface area contributed by atoms with Gasteiger partial charge in [0.25, 0.3) is 0 Å². The molecule has 1 fully saturated rings. The first-order valence-corrected chi connectivity index (χ1v) is 12.4. The van der Waals surface area contributed by atoms with Gasteiger partial charge in [-0.1, -0.05) is 62.1 Å². The summed E-state index contributed by atoms with van der Waals surface area (Å²) in [6.45, 7) is 2.24. The van der Waals surface area contributed by atoms with Gasteiger partial charge in [0, 0.05) is 5.70 Å². The summed E-state index contributed by atoms with van der Waals surface area (Å²) in [7, 11) is 0. The number of allylic oxidation sites excluding steroid dienone is 1. The normalized spacial score (nSPS) is 18.5. The first kappa shape index (κ1) is 24.8. The zero-order chi connectivity index (χ0) is 24.8. The summed E-state index contributed by atoms with van der Waals surface area (Å²) in [5, 5.41) is 5.72. The van der Waals surface area contributed by atoms with Crippen LogP contribution in [0.2, 0.25) is 5.02 Å². The maximum atomic E-state index is 13.2. The third-order valence-electron chi connectivity index (χ3n) is 6.40. The van der Waals surface area contributed by atoms with E-state index in [0.29, 0.717) is 41.3 Å². The van der Waals surface area contributed by atoms with Crippen molar-refractivity contribution in [1.82, 2.24) is 10.6 Å². The Balaban J connectivity index is 1.54. The second-order valence-electron chi connectivity index (χ2n) is 8.83. The topological polar surface area (TPSA) is 93.7 Å². The van der Waals surface area contributed by atoms with E-state index >= 15 is 0 Å². The number of urea groups is 1. The van der Waals surface area contributed by atoms with Crippen molar-refractivity contribution in [2.45, 2.75) is 51.5 Å². The molecule has 0 unspecified atom stereocenters. The van der Waals surface area contributed by atoms with Crippen molar-refractivity contribution < 1.29 is 23.9 Å². The molecule has 0 saturated heterocycles. The van der Waals surface area contributed by atoms with Crippen LogP contribution in [0.15, 0.2) is 59.8 Å². The van der Waals surface area contributed by atoms with Gasteiger partial charge in [0.15, 0.2) is 0 Å². The molecule has 184 valence electrons. The number of benzene rings is 2. The van der Waals surface area contributed by atoms with Gasteiger partial charge in [-0.25, -0.2) is 14.4 Å². The van der Waals surface area contributed by atoms with Gasteiger partial charge in [0.2, 0.25) is 0 Å². The fourth-order valence-corrected chi connectivity index (χ4v) is 4.75. The zero-order valence-electron chi connectivity index (χ0n) is 19.6. The van der Waals surface area contributed by atoms with Crippen LogP contribution in [-0.2, 0) is 9.53 Å². The van der Waals surface area contributed by atoms with Gasteiger partial charge < -0.3 is 20.1 Å². The van der Waals surface area contributed by atoms with Crippen LogP contribution < -0.4 is 15.4 Å². The van der Waals surface area contributed by atoms with Crippen molar-refractivity contribution >= 4 is 29.6 Å². The van der Waals surface area contributed by atoms with E-state index in [1.807, 2.05) is 13.0 Å². The lowest BCUT2D eigenvalue weighted by Gasteiger charge is -2.30. The van der Waals surface area contributed by atoms with E-state index in [2.05, 4.69) is 10.6 Å². The maximum Gasteiger partial charge on any atom is 0.343 e. The lowest BCUT2D eigenvalue weighted by atomic mass is 9.90. The molecule has 0 bridgehead atoms. The predicted octanol–water partition coefficient (Wildman–Crippen LogP) is 5.70. The summed E-state index contributed by atoms with van der Waals surface area (Å²) in [4.78, 5) is 37.9. The molecule has 7 nitrogen and oxygen atoms in total. The molecule has 2 N–H and O–H groups in total. The Hall–Kier alpha value is -3.32. The second kappa shape index (κ2) is 11.4. The van der Waals surface area contributed by atoms with Crippen molar-refractivity contribution in [3.05, 3.63) is 76.0 Å². The Morgan fingerprint density at radius 1 is 1.03 bits per heavy atom. The van der Waals surface area contributed by atoms with Gasteiger partial charge in [0.05, 0.1) is 28.8 Å². The molecule has 1 saturated carbocycles. The van der Waals surface area contributed by atoms with Gasteiger partial charge in [-0.3, -0.25) is 0 Å². The molecule has 1 atom stereocenters. The average molecular weight is 497 g/mol. The summed E-state index contributed by atoms with van der Waals surface area (Å²) >= 11 is 6.44. The van der Waals surface area contributed by atoms with Crippen LogP contribution in [0.5, 0.6) is 5.75 Å². The van der Waals surface area contributed by atoms with Crippen molar-refractivity contribution in [3.8, 4) is 5.75 Å². The van der Waals surface area contributed by atoms with Crippen LogP contribution in [0.4, 0.5) is 4.79 Å². The molecule has 4 rings (SSSR count). The van der Waals surface area contributed by atoms with E-state index in [1.54, 1.807) is 42.5 Å². The minimum Gasteiger partial charge on any atom is -0.462 e. The number of esters is 2. The summed E-state index contributed by atoms with van der Waals surface area (Å²) in [5.41, 5.74) is 1.85. The molecule has 8 heteroatoms. The highest BCUT2D eigenvalue weighted by Gasteiger charge is 2.34. The van der Waals surface area contributed by atoms with Crippen molar-refractivity contribution in [2.75, 3.05) is 6.61 Å². The van der Waals surface area contributed by atoms with Crippen LogP contribution >= 0.6 is 11.6 Å². The van der Waals surface area contributed by atoms with E-state index in [4.69, 9.17) is 21.1 Å². The van der Waals surface area contributed by atoms with Gasteiger partial charge in [0.1, 0.15) is 5.75 Å². The first-order chi connectivity index (χ1) is 17.0. The molecule has 2 aromatic carbocycles. The van der Waals surface area contributed by atoms with E-state index in [-0.39, 0.29) is 10.8 Å². The molecule has 0 spiro atoms. The fraction of sp³-hybridized carbons (Fsp3) is 0.370. The first-order valence-electron chi connectivity index (χ1n) is 12.0. The smallest absolute Gasteiger partial charge is 0.343 e. The standard InChI is InChI=1S/C27H29ClN2O5/c1-2-21-23(26(32)34-16-17-9-5-3-6-10-17)24(30-27(33)29-21)19-13-14-22(20(28)15-19)35-25(31)18-11-7-4-8-12-18/h4,7-8,11-15,17,24H,2-3,5-6,9-10,16H2,1H3,(H2,29,30,33)/t24-/m0/s1. The zero-order valence-corrected chi connectivity index (χ0v) is 20.4. The Labute approximate surface area is 209 Å². The number of nitrogens with one attached hydrogen (secondary N) is 2. The minimum atomic E-state index is -0.742. The quantitative estimate of drug-likeness (QED) is 0.379. The third-order valence-corrected chi connectivity index (χ3v) is 6.70. The van der Waals surface area contributed by atoms with Crippen LogP contribution in [0.25, 0.3) is 0 Å². The van der Waals surface area contributed by atoms with Crippen LogP contribution in [0, 0.1) is 5.92 Å². The number of hydrogen-bond acceptors (Lipinski definition) is 5. The molecular weight excluding hydrogens is 468 g/mol. The number of carbonyl (C=O) groups is 3. The van der Waals surface area contributed by atoms with Gasteiger partial charge in [-0.2, -0.15) is 0 Å². The van der Waals surface area contributed by atoms with Crippen LogP contribution in [0.3, 0.4) is 0 Å². The second-order valence-corrected chi connectivity index (χ2v) is 9.23. The van der Waals surface area contributed by atoms with Crippen LogP contribution in [-0.4, -0.2) is 24.6 Å². The number of halogens is 1. The average Bonchev–Trinajstić information content (AvgIpc) is 2.89.